The van der Waals surface area contributed by atoms with Crippen molar-refractivity contribution in [2.75, 3.05) is 20.5 Å². The molecule has 1 N–H and O–H groups in total. The molecule has 6 heteroatoms. The number of ketones is 2. The summed E-state index contributed by atoms with van der Waals surface area (Å²) >= 11 is 0. The van der Waals surface area contributed by atoms with Gasteiger partial charge in [0, 0.05) is 23.9 Å². The van der Waals surface area contributed by atoms with E-state index < -0.39 is 17.1 Å². The molecule has 8 atom stereocenters. The van der Waals surface area contributed by atoms with Crippen molar-refractivity contribution < 1.29 is 28.9 Å². The van der Waals surface area contributed by atoms with Crippen LogP contribution in [0.1, 0.15) is 39.5 Å². The van der Waals surface area contributed by atoms with Crippen molar-refractivity contribution in [2.45, 2.75) is 57.3 Å². The highest BCUT2D eigenvalue weighted by Crippen LogP contribution is 2.69. The van der Waals surface area contributed by atoms with Crippen molar-refractivity contribution in [1.82, 2.24) is 0 Å². The molecule has 0 spiro atoms. The predicted molar refractivity (Wildman–Crippen MR) is 104 cm³/mol. The molecule has 158 valence electrons. The van der Waals surface area contributed by atoms with Gasteiger partial charge < -0.3 is 19.3 Å². The minimum Gasteiger partial charge on any atom is -0.393 e. The van der Waals surface area contributed by atoms with Gasteiger partial charge in [-0.15, -0.1) is 0 Å². The van der Waals surface area contributed by atoms with E-state index in [1.54, 1.807) is 12.2 Å². The average Bonchev–Trinajstić information content (AvgIpc) is 3.19. The Hall–Kier alpha value is -1.34. The van der Waals surface area contributed by atoms with Crippen LogP contribution in [0.2, 0.25) is 0 Å². The smallest absolute Gasteiger partial charge is 0.193 e. The molecule has 0 amide bonds. The van der Waals surface area contributed by atoms with Crippen LogP contribution in [0.25, 0.3) is 0 Å². The Bertz CT molecular complexity index is 816. The van der Waals surface area contributed by atoms with Gasteiger partial charge in [-0.3, -0.25) is 9.59 Å². The van der Waals surface area contributed by atoms with Crippen LogP contribution in [-0.2, 0) is 23.8 Å². The summed E-state index contributed by atoms with van der Waals surface area (Å²) in [5.41, 5.74) is -0.740. The molecular weight excluding hydrogens is 372 g/mol. The Balaban J connectivity index is 1.57. The topological polar surface area (TPSA) is 82.1 Å². The summed E-state index contributed by atoms with van der Waals surface area (Å²) in [5.74, 6) is 0.440. The Morgan fingerprint density at radius 2 is 2.17 bits per heavy atom. The maximum absolute atomic E-state index is 13.2. The highest BCUT2D eigenvalue weighted by Gasteiger charge is 2.74. The van der Waals surface area contributed by atoms with Crippen LogP contribution >= 0.6 is 0 Å². The quantitative estimate of drug-likeness (QED) is 0.779. The normalized spacial score (nSPS) is 50.4. The van der Waals surface area contributed by atoms with Crippen molar-refractivity contribution >= 4 is 11.6 Å². The third-order valence-corrected chi connectivity index (χ3v) is 8.90. The van der Waals surface area contributed by atoms with E-state index >= 15 is 0 Å². The lowest BCUT2D eigenvalue weighted by Crippen LogP contribution is -2.63. The van der Waals surface area contributed by atoms with Gasteiger partial charge >= 0.3 is 0 Å². The molecule has 1 heterocycles. The van der Waals surface area contributed by atoms with Crippen LogP contribution in [0.4, 0.5) is 0 Å². The van der Waals surface area contributed by atoms with Gasteiger partial charge in [0.2, 0.25) is 0 Å². The standard InChI is InChI=1S/C23H30O6/c1-21-7-6-14(24)8-13(21)4-5-15-16-9-19-23(29-12-28-19,18(26)11-27-3)22(16,2)10-17(25)20(15)21/h6-8,15-17,19-20,25H,4-5,9-12H2,1-3H3/t15?,16?,17?,19?,20?,21-,22?,23?/m1/s1. The molecule has 1 saturated heterocycles. The number of ether oxygens (including phenoxy) is 3. The molecule has 5 aliphatic rings. The van der Waals surface area contributed by atoms with E-state index in [1.807, 2.05) is 6.08 Å². The average molecular weight is 402 g/mol. The summed E-state index contributed by atoms with van der Waals surface area (Å²) in [6, 6.07) is 0. The van der Waals surface area contributed by atoms with E-state index in [4.69, 9.17) is 14.2 Å². The summed E-state index contributed by atoms with van der Waals surface area (Å²) in [6.07, 6.45) is 7.53. The molecule has 0 aromatic rings. The summed E-state index contributed by atoms with van der Waals surface area (Å²) in [4.78, 5) is 25.2. The zero-order valence-electron chi connectivity index (χ0n) is 17.3. The number of aliphatic hydroxyl groups excluding tert-OH is 1. The van der Waals surface area contributed by atoms with Crippen molar-refractivity contribution in [3.05, 3.63) is 23.8 Å². The number of rotatable bonds is 3. The second-order valence-corrected chi connectivity index (χ2v) is 9.96. The minimum atomic E-state index is -1.05. The SMILES string of the molecule is COCC(=O)C12OCOC1CC1C3CCC4=CC(=O)C=C[C@@]4(C)C3C(O)CC12C. The molecule has 6 nitrogen and oxygen atoms in total. The fourth-order valence-corrected chi connectivity index (χ4v) is 7.77. The molecule has 0 radical (unpaired) electrons. The zero-order chi connectivity index (χ0) is 20.6. The Morgan fingerprint density at radius 1 is 1.38 bits per heavy atom. The molecule has 4 fully saturated rings. The van der Waals surface area contributed by atoms with Gasteiger partial charge in [0.05, 0.1) is 12.2 Å². The third kappa shape index (κ3) is 2.32. The van der Waals surface area contributed by atoms with Crippen LogP contribution in [0, 0.1) is 28.6 Å². The molecular formula is C23H30O6. The second-order valence-electron chi connectivity index (χ2n) is 9.96. The lowest BCUT2D eigenvalue weighted by atomic mass is 9.46. The van der Waals surface area contributed by atoms with Crippen LogP contribution in [0.15, 0.2) is 23.8 Å². The maximum atomic E-state index is 13.2. The van der Waals surface area contributed by atoms with Crippen molar-refractivity contribution in [3.8, 4) is 0 Å². The number of hydrogen-bond acceptors (Lipinski definition) is 6. The van der Waals surface area contributed by atoms with Gasteiger partial charge in [0.1, 0.15) is 13.4 Å². The Morgan fingerprint density at radius 3 is 2.93 bits per heavy atom. The fourth-order valence-electron chi connectivity index (χ4n) is 7.77. The predicted octanol–water partition coefficient (Wildman–Crippen LogP) is 2.20. The van der Waals surface area contributed by atoms with Crippen LogP contribution in [0.5, 0.6) is 0 Å². The molecule has 5 rings (SSSR count). The van der Waals surface area contributed by atoms with E-state index in [2.05, 4.69) is 13.8 Å². The number of fused-ring (bicyclic) bond motifs is 7. The number of carbonyl (C=O) groups is 2. The van der Waals surface area contributed by atoms with Crippen LogP contribution in [0.3, 0.4) is 0 Å². The Labute approximate surface area is 171 Å². The highest BCUT2D eigenvalue weighted by atomic mass is 16.7. The van der Waals surface area contributed by atoms with E-state index in [0.29, 0.717) is 6.42 Å². The van der Waals surface area contributed by atoms with Gasteiger partial charge in [-0.05, 0) is 49.7 Å². The number of Topliss-reactive ketones (excluding diaryl/α,β-unsaturated/α-hetero) is 1. The number of carbonyl (C=O) groups excluding carboxylic acids is 2. The summed E-state index contributed by atoms with van der Waals surface area (Å²) < 4.78 is 17.2. The summed E-state index contributed by atoms with van der Waals surface area (Å²) in [6.45, 7) is 4.36. The van der Waals surface area contributed by atoms with Crippen LogP contribution < -0.4 is 0 Å². The minimum absolute atomic E-state index is 0.0121. The zero-order valence-corrected chi connectivity index (χ0v) is 17.3. The first kappa shape index (κ1) is 19.6. The third-order valence-electron chi connectivity index (χ3n) is 8.90. The molecule has 0 bridgehead atoms. The lowest BCUT2D eigenvalue weighted by molar-refractivity contribution is -0.185. The van der Waals surface area contributed by atoms with Crippen molar-refractivity contribution in [1.29, 1.82) is 0 Å². The first-order chi connectivity index (χ1) is 13.8. The highest BCUT2D eigenvalue weighted by molar-refractivity contribution is 6.01. The van der Waals surface area contributed by atoms with E-state index in [0.717, 1.165) is 24.8 Å². The van der Waals surface area contributed by atoms with E-state index in [-0.39, 0.29) is 54.2 Å². The van der Waals surface area contributed by atoms with Crippen molar-refractivity contribution in [2.24, 2.45) is 28.6 Å². The largest absolute Gasteiger partial charge is 0.393 e. The van der Waals surface area contributed by atoms with Gasteiger partial charge in [-0.25, -0.2) is 0 Å². The maximum Gasteiger partial charge on any atom is 0.193 e. The summed E-state index contributed by atoms with van der Waals surface area (Å²) in [7, 11) is 1.52. The molecule has 0 aromatic carbocycles. The first-order valence-corrected chi connectivity index (χ1v) is 10.7. The number of hydrogen-bond donors (Lipinski definition) is 1. The van der Waals surface area contributed by atoms with E-state index in [9.17, 15) is 14.7 Å². The second kappa shape index (κ2) is 6.33. The van der Waals surface area contributed by atoms with Gasteiger partial charge in [-0.2, -0.15) is 0 Å². The number of allylic oxidation sites excluding steroid dienone is 4. The molecule has 0 aromatic heterocycles. The summed E-state index contributed by atoms with van der Waals surface area (Å²) in [5, 5.41) is 11.4. The molecule has 1 aliphatic heterocycles. The molecule has 7 unspecified atom stereocenters. The molecule has 3 saturated carbocycles. The fraction of sp³-hybridized carbons (Fsp3) is 0.739. The number of aliphatic hydroxyl groups is 1. The van der Waals surface area contributed by atoms with Gasteiger partial charge in [-0.1, -0.05) is 25.5 Å². The molecule has 29 heavy (non-hydrogen) atoms. The van der Waals surface area contributed by atoms with Crippen molar-refractivity contribution in [3.63, 3.8) is 0 Å². The molecule has 4 aliphatic carbocycles. The lowest BCUT2D eigenvalue weighted by Gasteiger charge is -2.59. The first-order valence-electron chi connectivity index (χ1n) is 10.7. The van der Waals surface area contributed by atoms with Crippen LogP contribution in [-0.4, -0.2) is 55.0 Å². The number of methoxy groups -OCH3 is 1. The monoisotopic (exact) mass is 402 g/mol. The van der Waals surface area contributed by atoms with Gasteiger partial charge in [0.15, 0.2) is 17.2 Å². The Kier molecular flexibility index (Phi) is 4.28. The van der Waals surface area contributed by atoms with E-state index in [1.165, 1.54) is 7.11 Å². The van der Waals surface area contributed by atoms with Gasteiger partial charge in [0.25, 0.3) is 0 Å².